The number of benzene rings is 2. The lowest BCUT2D eigenvalue weighted by atomic mass is 9.97. The van der Waals surface area contributed by atoms with E-state index >= 15 is 0 Å². The van der Waals surface area contributed by atoms with Crippen LogP contribution in [-0.4, -0.2) is 79.3 Å². The summed E-state index contributed by atoms with van der Waals surface area (Å²) in [6.07, 6.45) is 3.49. The third-order valence-electron chi connectivity index (χ3n) is 8.39. The van der Waals surface area contributed by atoms with E-state index in [1.165, 1.54) is 28.7 Å². The van der Waals surface area contributed by atoms with Gasteiger partial charge < -0.3 is 24.6 Å². The number of carboxylic acid groups (broad SMARTS) is 1. The van der Waals surface area contributed by atoms with Crippen LogP contribution in [0.15, 0.2) is 53.6 Å². The molecule has 2 aliphatic rings. The highest BCUT2D eigenvalue weighted by molar-refractivity contribution is 7.93. The molecule has 2 aliphatic heterocycles. The Bertz CT molecular complexity index is 1810. The molecule has 0 unspecified atom stereocenters. The number of likely N-dealkylation sites (tertiary alicyclic amines) is 1. The molecule has 0 bridgehead atoms. The van der Waals surface area contributed by atoms with E-state index in [4.69, 9.17) is 21.1 Å². The Hall–Kier alpha value is -4.20. The molecular formula is C34H37ClFN3O8S. The zero-order valence-corrected chi connectivity index (χ0v) is 28.1. The monoisotopic (exact) mass is 701 g/mol. The molecule has 1 fully saturated rings. The largest absolute Gasteiger partial charge is 0.486 e. The zero-order chi connectivity index (χ0) is 34.6. The highest BCUT2D eigenvalue weighted by atomic mass is 35.5. The summed E-state index contributed by atoms with van der Waals surface area (Å²) in [4.78, 5) is 30.0. The molecule has 3 aromatic rings. The molecule has 1 amide bonds. The van der Waals surface area contributed by atoms with Crippen molar-refractivity contribution in [1.29, 1.82) is 0 Å². The summed E-state index contributed by atoms with van der Waals surface area (Å²) in [7, 11) is -4.34. The SMILES string of the molecule is C/C(=C\c1ccc2c(c1)N(S(=O)(=O)c1cc(C)cnc1OCCO)C[C@H](CCC(=O)N1CCC(C(=O)O)CC1)O2)c1c(F)cccc1Cl. The maximum atomic E-state index is 14.7. The van der Waals surface area contributed by atoms with E-state index in [-0.39, 0.29) is 71.3 Å². The van der Waals surface area contributed by atoms with Gasteiger partial charge in [-0.15, -0.1) is 0 Å². The molecule has 3 heterocycles. The molecule has 1 atom stereocenters. The van der Waals surface area contributed by atoms with Crippen LogP contribution in [0.3, 0.4) is 0 Å². The molecule has 0 saturated carbocycles. The number of rotatable bonds is 11. The van der Waals surface area contributed by atoms with E-state index in [0.29, 0.717) is 42.6 Å². The van der Waals surface area contributed by atoms with Crippen molar-refractivity contribution in [3.63, 3.8) is 0 Å². The number of carbonyl (C=O) groups excluding carboxylic acids is 1. The minimum Gasteiger partial charge on any atom is -0.486 e. The van der Waals surface area contributed by atoms with Crippen LogP contribution < -0.4 is 13.8 Å². The predicted molar refractivity (Wildman–Crippen MR) is 178 cm³/mol. The van der Waals surface area contributed by atoms with Gasteiger partial charge in [-0.05, 0) is 80.1 Å². The summed E-state index contributed by atoms with van der Waals surface area (Å²) < 4.78 is 56.5. The van der Waals surface area contributed by atoms with E-state index < -0.39 is 33.8 Å². The molecule has 2 aromatic carbocycles. The molecule has 256 valence electrons. The number of hydrogen-bond donors (Lipinski definition) is 2. The maximum absolute atomic E-state index is 14.7. The average molecular weight is 702 g/mol. The fourth-order valence-corrected chi connectivity index (χ4v) is 7.88. The first-order valence-electron chi connectivity index (χ1n) is 15.6. The summed E-state index contributed by atoms with van der Waals surface area (Å²) in [5.74, 6) is -1.89. The van der Waals surface area contributed by atoms with Crippen molar-refractivity contribution < 1.29 is 42.1 Å². The molecule has 1 aromatic heterocycles. The normalized spacial score (nSPS) is 17.1. The number of aromatic nitrogens is 1. The first-order chi connectivity index (χ1) is 22.9. The summed E-state index contributed by atoms with van der Waals surface area (Å²) in [6, 6.07) is 10.8. The van der Waals surface area contributed by atoms with Crippen molar-refractivity contribution in [1.82, 2.24) is 9.88 Å². The molecule has 0 radical (unpaired) electrons. The number of piperidine rings is 1. The van der Waals surface area contributed by atoms with Gasteiger partial charge in [-0.3, -0.25) is 13.9 Å². The van der Waals surface area contributed by atoms with E-state index in [2.05, 4.69) is 4.98 Å². The predicted octanol–water partition coefficient (Wildman–Crippen LogP) is 5.17. The van der Waals surface area contributed by atoms with E-state index in [1.807, 2.05) is 0 Å². The number of pyridine rings is 1. The Morgan fingerprint density at radius 1 is 1.19 bits per heavy atom. The van der Waals surface area contributed by atoms with Gasteiger partial charge in [-0.1, -0.05) is 29.8 Å². The van der Waals surface area contributed by atoms with Crippen molar-refractivity contribution in [3.05, 3.63) is 76.2 Å². The van der Waals surface area contributed by atoms with Gasteiger partial charge in [0.1, 0.15) is 29.2 Å². The number of carbonyl (C=O) groups is 2. The zero-order valence-electron chi connectivity index (χ0n) is 26.6. The molecular weight excluding hydrogens is 665 g/mol. The van der Waals surface area contributed by atoms with Crippen LogP contribution in [0.4, 0.5) is 10.1 Å². The van der Waals surface area contributed by atoms with Crippen molar-refractivity contribution >= 4 is 50.8 Å². The van der Waals surface area contributed by atoms with E-state index in [1.54, 1.807) is 49.1 Å². The molecule has 2 N–H and O–H groups in total. The van der Waals surface area contributed by atoms with Gasteiger partial charge in [0, 0.05) is 31.3 Å². The van der Waals surface area contributed by atoms with Crippen LogP contribution in [0.1, 0.15) is 49.3 Å². The molecule has 11 nitrogen and oxygen atoms in total. The lowest BCUT2D eigenvalue weighted by Gasteiger charge is -2.36. The van der Waals surface area contributed by atoms with Gasteiger partial charge in [-0.25, -0.2) is 17.8 Å². The molecule has 14 heteroatoms. The third-order valence-corrected chi connectivity index (χ3v) is 10.5. The molecule has 48 heavy (non-hydrogen) atoms. The lowest BCUT2D eigenvalue weighted by molar-refractivity contribution is -0.145. The van der Waals surface area contributed by atoms with Crippen molar-refractivity contribution in [2.45, 2.75) is 50.5 Å². The Kier molecular flexibility index (Phi) is 10.9. The van der Waals surface area contributed by atoms with Crippen LogP contribution >= 0.6 is 11.6 Å². The van der Waals surface area contributed by atoms with Gasteiger partial charge in [0.05, 0.1) is 29.8 Å². The van der Waals surface area contributed by atoms with Crippen molar-refractivity contribution in [3.8, 4) is 11.6 Å². The number of anilines is 1. The number of hydrogen-bond acceptors (Lipinski definition) is 8. The Balaban J connectivity index is 1.47. The highest BCUT2D eigenvalue weighted by Gasteiger charge is 2.37. The van der Waals surface area contributed by atoms with Crippen LogP contribution in [0, 0.1) is 18.7 Å². The van der Waals surface area contributed by atoms with Gasteiger partial charge in [0.2, 0.25) is 11.8 Å². The summed E-state index contributed by atoms with van der Waals surface area (Å²) in [6.45, 7) is 3.44. The molecule has 1 saturated heterocycles. The number of sulfonamides is 1. The number of aliphatic hydroxyl groups excluding tert-OH is 1. The van der Waals surface area contributed by atoms with Gasteiger partial charge in [-0.2, -0.15) is 0 Å². The second-order valence-corrected chi connectivity index (χ2v) is 14.1. The third kappa shape index (κ3) is 7.74. The van der Waals surface area contributed by atoms with Crippen LogP contribution in [0.2, 0.25) is 5.02 Å². The van der Waals surface area contributed by atoms with Gasteiger partial charge in [0.15, 0.2) is 0 Å². The number of aliphatic carboxylic acids is 1. The second-order valence-electron chi connectivity index (χ2n) is 11.8. The van der Waals surface area contributed by atoms with Crippen molar-refractivity contribution in [2.75, 3.05) is 37.2 Å². The number of aliphatic hydroxyl groups is 1. The van der Waals surface area contributed by atoms with Crippen LogP contribution in [0.25, 0.3) is 11.6 Å². The van der Waals surface area contributed by atoms with E-state index in [0.717, 1.165) is 0 Å². The van der Waals surface area contributed by atoms with Crippen molar-refractivity contribution in [2.24, 2.45) is 5.92 Å². The minimum absolute atomic E-state index is 0.0753. The first kappa shape index (κ1) is 35.1. The first-order valence-corrected chi connectivity index (χ1v) is 17.4. The quantitative estimate of drug-likeness (QED) is 0.259. The second kappa shape index (κ2) is 14.9. The Morgan fingerprint density at radius 2 is 1.94 bits per heavy atom. The number of allylic oxidation sites excluding steroid dienone is 1. The number of aryl methyl sites for hydroxylation is 1. The number of carboxylic acids is 1. The smallest absolute Gasteiger partial charge is 0.306 e. The molecule has 0 aliphatic carbocycles. The number of amides is 1. The lowest BCUT2D eigenvalue weighted by Crippen LogP contribution is -2.45. The Morgan fingerprint density at radius 3 is 2.62 bits per heavy atom. The minimum atomic E-state index is -4.34. The Labute approximate surface area is 283 Å². The number of ether oxygens (including phenoxy) is 2. The summed E-state index contributed by atoms with van der Waals surface area (Å²) in [5.41, 5.74) is 2.11. The number of halogens is 2. The van der Waals surface area contributed by atoms with E-state index in [9.17, 15) is 32.6 Å². The number of nitrogens with zero attached hydrogens (tertiary/aromatic N) is 3. The van der Waals surface area contributed by atoms with Crippen LogP contribution in [-0.2, 0) is 19.6 Å². The maximum Gasteiger partial charge on any atom is 0.306 e. The summed E-state index contributed by atoms with van der Waals surface area (Å²) >= 11 is 6.28. The summed E-state index contributed by atoms with van der Waals surface area (Å²) in [5, 5.41) is 18.8. The molecule has 5 rings (SSSR count). The fourth-order valence-electron chi connectivity index (χ4n) is 5.90. The van der Waals surface area contributed by atoms with Crippen LogP contribution in [0.5, 0.6) is 11.6 Å². The average Bonchev–Trinajstić information content (AvgIpc) is 3.06. The fraction of sp³-hybridized carbons (Fsp3) is 0.382. The standard InChI is InChI=1S/C34H37ClFN3O8S/c1-21-16-30(33(37-19-21)46-15-14-40)48(44,45)39-20-25(7-9-31(41)38-12-10-24(11-13-38)34(42)43)47-29-8-6-23(18-28(29)39)17-22(2)32-26(35)4-3-5-27(32)36/h3-6,8,16-19,24-25,40H,7,9-15,20H2,1-2H3,(H,42,43)/b22-17+/t25-/m0/s1. The number of fused-ring (bicyclic) bond motifs is 1. The molecule has 0 spiro atoms. The topological polar surface area (TPSA) is 147 Å². The van der Waals surface area contributed by atoms with Gasteiger partial charge in [0.25, 0.3) is 10.0 Å². The highest BCUT2D eigenvalue weighted by Crippen LogP contribution is 2.41. The van der Waals surface area contributed by atoms with Gasteiger partial charge >= 0.3 is 5.97 Å².